The number of ether oxygens (including phenoxy) is 2. The normalized spacial score (nSPS) is 11.4. The Balaban J connectivity index is 0.00000282. The van der Waals surface area contributed by atoms with Crippen molar-refractivity contribution in [2.45, 2.75) is 51.7 Å². The third-order valence-corrected chi connectivity index (χ3v) is 3.47. The lowest BCUT2D eigenvalue weighted by atomic mass is 10.1. The van der Waals surface area contributed by atoms with Crippen LogP contribution in [0.3, 0.4) is 0 Å². The largest absolute Gasteiger partial charge is 0.494 e. The van der Waals surface area contributed by atoms with Crippen molar-refractivity contribution in [2.24, 2.45) is 16.5 Å². The Hall–Kier alpha value is -3.01. The zero-order valence-electron chi connectivity index (χ0n) is 19.1. The molecular formula is C21H37N5O5. The molecule has 0 bridgehead atoms. The van der Waals surface area contributed by atoms with Crippen LogP contribution in [0.4, 0.5) is 4.79 Å². The van der Waals surface area contributed by atoms with Crippen molar-refractivity contribution in [3.63, 3.8) is 0 Å². The molecule has 0 fully saturated rings. The van der Waals surface area contributed by atoms with Gasteiger partial charge < -0.3 is 36.7 Å². The van der Waals surface area contributed by atoms with Crippen LogP contribution in [0.5, 0.6) is 5.75 Å². The quantitative estimate of drug-likeness (QED) is 0.208. The first kappa shape index (κ1) is 28.0. The number of nitrogens with one attached hydrogen (secondary N) is 2. The number of nitrogens with two attached hydrogens (primary N) is 2. The number of aliphatic imine (C=N–C) groups is 1. The summed E-state index contributed by atoms with van der Waals surface area (Å²) in [5, 5.41) is 14.5. The average Bonchev–Trinajstić information content (AvgIpc) is 2.64. The summed E-state index contributed by atoms with van der Waals surface area (Å²) in [7, 11) is 3.75. The molecular weight excluding hydrogens is 402 g/mol. The predicted octanol–water partition coefficient (Wildman–Crippen LogP) is 1.48. The molecule has 0 aliphatic rings. The third kappa shape index (κ3) is 15.5. The molecule has 1 amide bonds. The molecule has 1 rings (SSSR count). The topological polar surface area (TPSA) is 161 Å². The van der Waals surface area contributed by atoms with Crippen molar-refractivity contribution >= 4 is 18.0 Å². The van der Waals surface area contributed by atoms with E-state index < -0.39 is 23.7 Å². The SMILES string of the molecule is CC(C)(C)OC(=O)N[C@@H](Cc1ccc(OCCCCN=C(N)N)cc1)C(=O)O.CNC. The second kappa shape index (κ2) is 14.9. The minimum atomic E-state index is -1.13. The lowest BCUT2D eigenvalue weighted by Crippen LogP contribution is -2.44. The highest BCUT2D eigenvalue weighted by Crippen LogP contribution is 2.15. The number of hydrogen-bond donors (Lipinski definition) is 5. The van der Waals surface area contributed by atoms with Gasteiger partial charge in [0.25, 0.3) is 0 Å². The predicted molar refractivity (Wildman–Crippen MR) is 121 cm³/mol. The Bertz CT molecular complexity index is 682. The van der Waals surface area contributed by atoms with E-state index in [0.717, 1.165) is 18.4 Å². The summed E-state index contributed by atoms with van der Waals surface area (Å²) in [6.45, 7) is 6.22. The fourth-order valence-electron chi connectivity index (χ4n) is 2.22. The first-order valence-corrected chi connectivity index (χ1v) is 10.1. The van der Waals surface area contributed by atoms with Crippen LogP contribution in [-0.4, -0.2) is 62.0 Å². The minimum Gasteiger partial charge on any atom is -0.494 e. The lowest BCUT2D eigenvalue weighted by molar-refractivity contribution is -0.139. The number of benzene rings is 1. The fraction of sp³-hybridized carbons (Fsp3) is 0.571. The molecule has 176 valence electrons. The van der Waals surface area contributed by atoms with Gasteiger partial charge in [0.2, 0.25) is 0 Å². The monoisotopic (exact) mass is 439 g/mol. The zero-order chi connectivity index (χ0) is 23.9. The Morgan fingerprint density at radius 2 is 1.71 bits per heavy atom. The molecule has 7 N–H and O–H groups in total. The fourth-order valence-corrected chi connectivity index (χ4v) is 2.22. The smallest absolute Gasteiger partial charge is 0.408 e. The molecule has 1 aromatic carbocycles. The molecule has 0 spiro atoms. The first-order valence-electron chi connectivity index (χ1n) is 10.1. The van der Waals surface area contributed by atoms with Crippen LogP contribution in [-0.2, 0) is 16.0 Å². The van der Waals surface area contributed by atoms with Crippen molar-refractivity contribution in [2.75, 3.05) is 27.2 Å². The maximum Gasteiger partial charge on any atom is 0.408 e. The van der Waals surface area contributed by atoms with Gasteiger partial charge in [-0.2, -0.15) is 0 Å². The van der Waals surface area contributed by atoms with E-state index in [1.165, 1.54) is 0 Å². The van der Waals surface area contributed by atoms with Gasteiger partial charge in [0, 0.05) is 13.0 Å². The molecule has 0 aromatic heterocycles. The molecule has 0 aliphatic heterocycles. The standard InChI is InChI=1S/C19H30N4O5.C2H7N/c1-19(2,3)28-18(26)23-15(16(24)25)12-13-6-8-14(9-7-13)27-11-5-4-10-22-17(20)21;1-3-2/h6-9,15H,4-5,10-12H2,1-3H3,(H,23,26)(H,24,25)(H4,20,21,22);3H,1-2H3/t15-;/m0./s1. The van der Waals surface area contributed by atoms with E-state index in [9.17, 15) is 14.7 Å². The van der Waals surface area contributed by atoms with Crippen LogP contribution in [0, 0.1) is 0 Å². The summed E-state index contributed by atoms with van der Waals surface area (Å²) >= 11 is 0. The molecule has 1 aromatic rings. The third-order valence-electron chi connectivity index (χ3n) is 3.47. The molecule has 0 aliphatic carbocycles. The van der Waals surface area contributed by atoms with Crippen LogP contribution < -0.4 is 26.8 Å². The highest BCUT2D eigenvalue weighted by molar-refractivity contribution is 5.80. The number of guanidine groups is 1. The molecule has 0 radical (unpaired) electrons. The minimum absolute atomic E-state index is 0.0809. The molecule has 1 atom stereocenters. The van der Waals surface area contributed by atoms with Gasteiger partial charge in [0.05, 0.1) is 6.61 Å². The lowest BCUT2D eigenvalue weighted by Gasteiger charge is -2.22. The summed E-state index contributed by atoms with van der Waals surface area (Å²) in [5.41, 5.74) is 10.6. The van der Waals surface area contributed by atoms with Gasteiger partial charge in [0.1, 0.15) is 17.4 Å². The Kier molecular flexibility index (Phi) is 13.4. The van der Waals surface area contributed by atoms with E-state index in [4.69, 9.17) is 20.9 Å². The van der Waals surface area contributed by atoms with Crippen molar-refractivity contribution in [3.8, 4) is 5.75 Å². The number of nitrogens with zero attached hydrogens (tertiary/aromatic N) is 1. The van der Waals surface area contributed by atoms with Crippen LogP contribution in [0.25, 0.3) is 0 Å². The molecule has 10 nitrogen and oxygen atoms in total. The molecule has 0 unspecified atom stereocenters. The maximum atomic E-state index is 11.8. The van der Waals surface area contributed by atoms with Gasteiger partial charge >= 0.3 is 12.1 Å². The van der Waals surface area contributed by atoms with E-state index in [1.807, 2.05) is 14.1 Å². The maximum absolute atomic E-state index is 11.8. The number of rotatable bonds is 10. The van der Waals surface area contributed by atoms with Gasteiger partial charge in [0.15, 0.2) is 5.96 Å². The van der Waals surface area contributed by atoms with Crippen molar-refractivity contribution in [3.05, 3.63) is 29.8 Å². The van der Waals surface area contributed by atoms with Crippen molar-refractivity contribution in [1.29, 1.82) is 0 Å². The number of carboxylic acid groups (broad SMARTS) is 1. The summed E-state index contributed by atoms with van der Waals surface area (Å²) in [6, 6.07) is 5.97. The number of carbonyl (C=O) groups excluding carboxylic acids is 1. The Labute approximate surface area is 184 Å². The summed E-state index contributed by atoms with van der Waals surface area (Å²) in [6.07, 6.45) is 0.986. The molecule has 0 heterocycles. The van der Waals surface area contributed by atoms with Crippen LogP contribution in [0.2, 0.25) is 0 Å². The van der Waals surface area contributed by atoms with E-state index in [-0.39, 0.29) is 12.4 Å². The number of carboxylic acids is 1. The van der Waals surface area contributed by atoms with Crippen molar-refractivity contribution < 1.29 is 24.2 Å². The van der Waals surface area contributed by atoms with Gasteiger partial charge in [-0.05, 0) is 65.4 Å². The summed E-state index contributed by atoms with van der Waals surface area (Å²) in [4.78, 5) is 27.1. The second-order valence-corrected chi connectivity index (χ2v) is 7.75. The number of amides is 1. The van der Waals surface area contributed by atoms with E-state index >= 15 is 0 Å². The van der Waals surface area contributed by atoms with Crippen LogP contribution in [0.1, 0.15) is 39.2 Å². The number of alkyl carbamates (subject to hydrolysis) is 1. The molecule has 0 saturated heterocycles. The van der Waals surface area contributed by atoms with Gasteiger partial charge in [-0.25, -0.2) is 9.59 Å². The number of aliphatic carboxylic acids is 1. The first-order chi connectivity index (χ1) is 14.5. The van der Waals surface area contributed by atoms with Gasteiger partial charge in [-0.15, -0.1) is 0 Å². The van der Waals surface area contributed by atoms with E-state index in [2.05, 4.69) is 15.6 Å². The number of carbonyl (C=O) groups is 2. The average molecular weight is 440 g/mol. The number of hydrogen-bond acceptors (Lipinski definition) is 6. The number of unbranched alkanes of at least 4 members (excludes halogenated alkanes) is 1. The van der Waals surface area contributed by atoms with E-state index in [1.54, 1.807) is 45.0 Å². The highest BCUT2D eigenvalue weighted by atomic mass is 16.6. The van der Waals surface area contributed by atoms with Crippen molar-refractivity contribution in [1.82, 2.24) is 10.6 Å². The second-order valence-electron chi connectivity index (χ2n) is 7.75. The summed E-state index contributed by atoms with van der Waals surface area (Å²) in [5.74, 6) is -0.373. The Morgan fingerprint density at radius 3 is 2.19 bits per heavy atom. The molecule has 31 heavy (non-hydrogen) atoms. The highest BCUT2D eigenvalue weighted by Gasteiger charge is 2.24. The zero-order valence-corrected chi connectivity index (χ0v) is 19.1. The van der Waals surface area contributed by atoms with Gasteiger partial charge in [-0.3, -0.25) is 4.99 Å². The molecule has 0 saturated carbocycles. The van der Waals surface area contributed by atoms with Crippen LogP contribution >= 0.6 is 0 Å². The van der Waals surface area contributed by atoms with Crippen LogP contribution in [0.15, 0.2) is 29.3 Å². The van der Waals surface area contributed by atoms with E-state index in [0.29, 0.717) is 18.9 Å². The Morgan fingerprint density at radius 1 is 1.13 bits per heavy atom. The summed E-state index contributed by atoms with van der Waals surface area (Å²) < 4.78 is 10.7. The van der Waals surface area contributed by atoms with Gasteiger partial charge in [-0.1, -0.05) is 12.1 Å². The molecule has 10 heteroatoms.